The van der Waals surface area contributed by atoms with Gasteiger partial charge in [-0.1, -0.05) is 12.1 Å². The van der Waals surface area contributed by atoms with Crippen molar-refractivity contribution in [2.75, 3.05) is 41.0 Å². The third-order valence-electron chi connectivity index (χ3n) is 16.7. The summed E-state index contributed by atoms with van der Waals surface area (Å²) in [4.78, 5) is 132. The molecular weight excluding hydrogens is 1410 g/mol. The fourth-order valence-electron chi connectivity index (χ4n) is 12.0. The number of amides is 6. The molecule has 11 atom stereocenters. The molecule has 1 aromatic carbocycles. The maximum atomic E-state index is 15.2. The van der Waals surface area contributed by atoms with E-state index in [0.717, 1.165) is 56.7 Å². The minimum absolute atomic E-state index is 0.0127. The Morgan fingerprint density at radius 2 is 1.52 bits per heavy atom. The number of cyclic esters (lactones) is 2. The van der Waals surface area contributed by atoms with Crippen molar-refractivity contribution in [2.24, 2.45) is 0 Å². The summed E-state index contributed by atoms with van der Waals surface area (Å²) in [5, 5.41) is 89.8. The zero-order valence-electron chi connectivity index (χ0n) is 54.0. The van der Waals surface area contributed by atoms with Crippen LogP contribution >= 0.6 is 56.7 Å². The number of nitrogens with zero attached hydrogens (tertiary/aromatic N) is 8. The monoisotopic (exact) mass is 1470 g/mol. The number of methoxy groups -OCH3 is 1. The van der Waals surface area contributed by atoms with Crippen LogP contribution in [0.5, 0.6) is 5.75 Å². The van der Waals surface area contributed by atoms with Crippen LogP contribution in [-0.4, -0.2) is 207 Å². The number of carbonyl (C=O) groups is 7. The van der Waals surface area contributed by atoms with Gasteiger partial charge in [0, 0.05) is 56.4 Å². The number of carbonyl (C=O) groups excluding carboxylic acids is 7. The van der Waals surface area contributed by atoms with E-state index in [1.165, 1.54) is 49.2 Å². The van der Waals surface area contributed by atoms with Gasteiger partial charge in [0.25, 0.3) is 17.7 Å². The molecule has 1 unspecified atom stereocenters. The molecule has 1 saturated heterocycles. The lowest BCUT2D eigenvalue weighted by atomic mass is 9.85. The number of ether oxygens (including phenoxy) is 6. The number of aliphatic hydroxyl groups is 4. The minimum atomic E-state index is -1.91. The van der Waals surface area contributed by atoms with E-state index in [-0.39, 0.29) is 112 Å². The summed E-state index contributed by atoms with van der Waals surface area (Å²) in [5.74, 6) is -6.26. The molecule has 7 aromatic heterocycles. The lowest BCUT2D eigenvalue weighted by molar-refractivity contribution is -0.280. The average molecular weight is 1470 g/mol. The first-order valence-corrected chi connectivity index (χ1v) is 35.2. The van der Waals surface area contributed by atoms with Crippen molar-refractivity contribution in [1.29, 1.82) is 0 Å². The first kappa shape index (κ1) is 70.8. The summed E-state index contributed by atoms with van der Waals surface area (Å²) in [5.41, 5.74) is -1.98. The lowest BCUT2D eigenvalue weighted by Gasteiger charge is -2.48. The largest absolute Gasteiger partial charge is 0.506 e. The smallest absolute Gasteiger partial charge is 0.358 e. The Kier molecular flexibility index (Phi) is 20.7. The molecule has 1 fully saturated rings. The van der Waals surface area contributed by atoms with Crippen molar-refractivity contribution in [3.63, 3.8) is 0 Å². The molecule has 12 bridgehead atoms. The number of aromatic nitrogens is 7. The van der Waals surface area contributed by atoms with Gasteiger partial charge in [-0.15, -0.1) is 56.7 Å². The Labute approximate surface area is 587 Å². The Bertz CT molecular complexity index is 4520. The first-order chi connectivity index (χ1) is 47.8. The first-order valence-electron chi connectivity index (χ1n) is 30.8. The Morgan fingerprint density at radius 3 is 2.25 bits per heavy atom. The highest BCUT2D eigenvalue weighted by Crippen LogP contribution is 2.43. The highest BCUT2D eigenvalue weighted by atomic mass is 32.1. The maximum Gasteiger partial charge on any atom is 0.358 e. The summed E-state index contributed by atoms with van der Waals surface area (Å²) < 4.78 is 38.3. The fraction of sp³-hybridized carbons (Fsp3) is 0.403. The van der Waals surface area contributed by atoms with Crippen LogP contribution in [0.1, 0.15) is 120 Å². The van der Waals surface area contributed by atoms with Gasteiger partial charge in [0.1, 0.15) is 114 Å². The quantitative estimate of drug-likeness (QED) is 0.0502. The molecule has 33 nitrogen and oxygen atoms in total. The molecule has 38 heteroatoms. The number of hydrogen-bond donors (Lipinski definition) is 12. The van der Waals surface area contributed by atoms with Gasteiger partial charge in [-0.05, 0) is 59.5 Å². The molecule has 0 radical (unpaired) electrons. The van der Waals surface area contributed by atoms with Gasteiger partial charge >= 0.3 is 18.0 Å². The number of aromatic hydroxyl groups is 1. The van der Waals surface area contributed by atoms with Gasteiger partial charge in [0.15, 0.2) is 18.1 Å². The highest BCUT2D eigenvalue weighted by molar-refractivity contribution is 7.14. The Morgan fingerprint density at radius 1 is 0.840 bits per heavy atom. The van der Waals surface area contributed by atoms with Gasteiger partial charge in [-0.25, -0.2) is 44.3 Å². The molecule has 0 saturated carbocycles. The Hall–Kier alpha value is -9.03. The summed E-state index contributed by atoms with van der Waals surface area (Å²) in [6, 6.07) is 0.0818. The third kappa shape index (κ3) is 14.5. The van der Waals surface area contributed by atoms with Crippen molar-refractivity contribution >= 4 is 115 Å². The molecule has 11 heterocycles. The van der Waals surface area contributed by atoms with Crippen LogP contribution in [0.2, 0.25) is 0 Å². The highest BCUT2D eigenvalue weighted by Gasteiger charge is 2.50. The van der Waals surface area contributed by atoms with Crippen LogP contribution in [0.3, 0.4) is 0 Å². The summed E-state index contributed by atoms with van der Waals surface area (Å²) in [6.45, 7) is 3.37. The van der Waals surface area contributed by atoms with Crippen LogP contribution in [0, 0.1) is 0 Å². The molecule has 8 aromatic rings. The van der Waals surface area contributed by atoms with Crippen LogP contribution in [-0.2, 0) is 57.8 Å². The number of esters is 2. The molecule has 0 spiro atoms. The predicted octanol–water partition coefficient (Wildman–Crippen LogP) is 3.32. The third-order valence-corrected chi connectivity index (χ3v) is 21.2. The SMILES string of the molecule is CO/C(C)=C1/NC(=O)[C@H]([C@@H](C)O)NC(=O)c2csc(n2)-c2cc(O)c(-c3nc(CNC(=O)NCC(O)CO)cs3)nc2-c2csc(n2)[C@@H]2COC(=O)c3c4c5c(cccc5n3O)COC(=O)[C@@H](O[C@H]3C[C@](C)(O)[C@H](N(C)C)[C@H](C)O3)[C@@H](OC4)[C@H](NC(=O)c3csc1n3)c1nc(cs1)C(=O)N2. The number of likely N-dealkylation sites (N-methyl/N-ethyl adjacent to an activating group) is 1. The molecule has 4 aliphatic rings. The topological polar surface area (TPSA) is 454 Å². The van der Waals surface area contributed by atoms with Crippen LogP contribution in [0.15, 0.2) is 56.9 Å². The van der Waals surface area contributed by atoms with E-state index in [1.807, 2.05) is 0 Å². The van der Waals surface area contributed by atoms with Crippen molar-refractivity contribution < 1.29 is 92.7 Å². The van der Waals surface area contributed by atoms with Crippen molar-refractivity contribution in [1.82, 2.24) is 71.4 Å². The van der Waals surface area contributed by atoms with E-state index in [9.17, 15) is 49.9 Å². The van der Waals surface area contributed by atoms with E-state index in [0.29, 0.717) is 16.0 Å². The average Bonchev–Trinajstić information content (AvgIpc) is 1.57. The van der Waals surface area contributed by atoms with E-state index in [4.69, 9.17) is 43.4 Å². The van der Waals surface area contributed by atoms with Crippen molar-refractivity contribution in [3.05, 3.63) is 112 Å². The summed E-state index contributed by atoms with van der Waals surface area (Å²) in [7, 11) is 4.85. The Balaban J connectivity index is 1.02. The number of fused-ring (bicyclic) bond motifs is 15. The number of urea groups is 1. The van der Waals surface area contributed by atoms with Crippen LogP contribution < -0.4 is 31.9 Å². The second kappa shape index (κ2) is 29.3. The molecular formula is C62H66N14O19S5. The van der Waals surface area contributed by atoms with Crippen LogP contribution in [0.25, 0.3) is 49.3 Å². The normalized spacial score (nSPS) is 24.2. The van der Waals surface area contributed by atoms with Gasteiger partial charge in [-0.2, -0.15) is 4.73 Å². The number of nitrogens with one attached hydrogen (secondary N) is 6. The van der Waals surface area contributed by atoms with Gasteiger partial charge in [0.2, 0.25) is 5.91 Å². The maximum absolute atomic E-state index is 15.2. The summed E-state index contributed by atoms with van der Waals surface area (Å²) in [6.07, 6.45) is -8.72. The second-order valence-corrected chi connectivity index (χ2v) is 28.4. The zero-order valence-corrected chi connectivity index (χ0v) is 58.1. The van der Waals surface area contributed by atoms with Gasteiger partial charge in [0.05, 0.1) is 68.0 Å². The van der Waals surface area contributed by atoms with E-state index in [2.05, 4.69) is 46.9 Å². The van der Waals surface area contributed by atoms with Gasteiger partial charge < -0.3 is 96.0 Å². The number of hydrogen-bond acceptors (Lipinski definition) is 31. The summed E-state index contributed by atoms with van der Waals surface area (Å²) >= 11 is 4.70. The van der Waals surface area contributed by atoms with Crippen molar-refractivity contribution in [2.45, 2.75) is 120 Å². The number of allylic oxidation sites excluding steroid dienone is 1. The number of thiazole rings is 5. The number of rotatable bonds is 11. The minimum Gasteiger partial charge on any atom is -0.506 e. The predicted molar refractivity (Wildman–Crippen MR) is 358 cm³/mol. The molecule has 528 valence electrons. The standard InChI is InChI=1S/C62H66N14O19S5/c1-24(78)41-53(84)73-42(25(2)90-7)56-69-36(23-99-56)52(83)74-45-47-48(95-39-12-62(4,88)49(75(5)6)26(3)94-39)60(86)92-16-27-9-8-10-37-40(27)31(17-91-47)46(76(37)89)59(85)93-18-32(66-50(81)34-22-100-58(45)70-34)55-67-33(20-98-55)43-30(54-68-35(21-97-54)51(82)72-41)11-38(80)44(71-43)57-65-28(19-96-57)13-63-61(87)64-14-29(79)15-77/h8-11,19-24,26,29,32,39,41,45,47-49,77-80,88-89H,12-18H2,1-7H3,(H,66,81)(H,72,82)(H,73,84)(H,74,83)(H2,63,64,87)/b42-25+/t24-,26+,29?,32+,39+,41+,45+,47+,48+,49-,62+/m1/s1. The van der Waals surface area contributed by atoms with Crippen molar-refractivity contribution in [3.8, 4) is 38.4 Å². The van der Waals surface area contributed by atoms with E-state index >= 15 is 14.4 Å². The molecule has 4 aliphatic heterocycles. The molecule has 12 N–H and O–H groups in total. The fourth-order valence-corrected chi connectivity index (χ4v) is 16.2. The lowest BCUT2D eigenvalue weighted by Crippen LogP contribution is -2.62. The van der Waals surface area contributed by atoms with Gasteiger partial charge in [-0.3, -0.25) is 19.2 Å². The number of aliphatic hydroxyl groups excluding tert-OH is 3. The van der Waals surface area contributed by atoms with E-state index in [1.54, 1.807) is 55.7 Å². The molecule has 0 aliphatic carbocycles. The second-order valence-electron chi connectivity index (χ2n) is 24.0. The molecule has 6 amide bonds. The van der Waals surface area contributed by atoms with Crippen LogP contribution in [0.4, 0.5) is 4.79 Å². The molecule has 100 heavy (non-hydrogen) atoms. The van der Waals surface area contributed by atoms with E-state index < -0.39 is 146 Å². The zero-order chi connectivity index (χ0) is 71.2. The molecule has 12 rings (SSSR count). The number of pyridine rings is 1. The number of benzene rings is 1.